The van der Waals surface area contributed by atoms with Gasteiger partial charge < -0.3 is 10.1 Å². The summed E-state index contributed by atoms with van der Waals surface area (Å²) in [4.78, 5) is 42.3. The summed E-state index contributed by atoms with van der Waals surface area (Å²) in [7, 11) is 0. The highest BCUT2D eigenvalue weighted by Gasteiger charge is 2.21. The molecule has 0 atom stereocenters. The molecule has 0 aliphatic heterocycles. The Bertz CT molecular complexity index is 1100. The molecule has 0 saturated carbocycles. The minimum atomic E-state index is -0.484. The lowest BCUT2D eigenvalue weighted by atomic mass is 10.2. The van der Waals surface area contributed by atoms with Crippen molar-refractivity contribution in [3.63, 3.8) is 0 Å². The number of ether oxygens (including phenoxy) is 1. The summed E-state index contributed by atoms with van der Waals surface area (Å²) in [5.41, 5.74) is 0.700. The zero-order chi connectivity index (χ0) is 20.4. The predicted octanol–water partition coefficient (Wildman–Crippen LogP) is 3.62. The maximum atomic E-state index is 12.8. The Kier molecular flexibility index (Phi) is 5.81. The monoisotopic (exact) mass is 419 g/mol. The number of nitrogens with one attached hydrogen (secondary N) is 1. The molecule has 146 valence electrons. The van der Waals surface area contributed by atoms with E-state index in [0.717, 1.165) is 11.3 Å². The number of carbonyl (C=O) groups excluding carboxylic acids is 2. The third-order valence-electron chi connectivity index (χ3n) is 3.89. The average Bonchev–Trinajstić information content (AvgIpc) is 2.96. The van der Waals surface area contributed by atoms with E-state index in [9.17, 15) is 14.4 Å². The van der Waals surface area contributed by atoms with Crippen LogP contribution in [0.2, 0.25) is 5.02 Å². The van der Waals surface area contributed by atoms with Crippen LogP contribution < -0.4 is 10.9 Å². The van der Waals surface area contributed by atoms with Gasteiger partial charge >= 0.3 is 5.97 Å². The Hall–Kier alpha value is -2.71. The van der Waals surface area contributed by atoms with Crippen molar-refractivity contribution in [1.29, 1.82) is 0 Å². The molecule has 2 heterocycles. The van der Waals surface area contributed by atoms with Crippen LogP contribution in [0.5, 0.6) is 0 Å². The molecule has 28 heavy (non-hydrogen) atoms. The maximum absolute atomic E-state index is 12.8. The van der Waals surface area contributed by atoms with E-state index in [1.54, 1.807) is 45.0 Å². The van der Waals surface area contributed by atoms with E-state index in [1.165, 1.54) is 10.9 Å². The number of carbonyl (C=O) groups is 2. The first kappa shape index (κ1) is 20.0. The van der Waals surface area contributed by atoms with Crippen molar-refractivity contribution in [2.45, 2.75) is 33.4 Å². The molecule has 0 radical (unpaired) electrons. The number of amides is 1. The summed E-state index contributed by atoms with van der Waals surface area (Å²) in [6.45, 7) is 4.98. The van der Waals surface area contributed by atoms with Crippen molar-refractivity contribution in [3.8, 4) is 0 Å². The third kappa shape index (κ3) is 4.23. The van der Waals surface area contributed by atoms with E-state index >= 15 is 0 Å². The van der Waals surface area contributed by atoms with Crippen LogP contribution in [-0.4, -0.2) is 27.5 Å². The number of anilines is 1. The summed E-state index contributed by atoms with van der Waals surface area (Å²) in [5, 5.41) is 3.58. The van der Waals surface area contributed by atoms with Gasteiger partial charge in [0.2, 0.25) is 5.91 Å². The lowest BCUT2D eigenvalue weighted by molar-refractivity contribution is -0.116. The third-order valence-corrected chi connectivity index (χ3v) is 5.32. The van der Waals surface area contributed by atoms with Gasteiger partial charge in [-0.25, -0.2) is 9.78 Å². The number of halogens is 1. The number of aryl methyl sites for hydroxylation is 1. The van der Waals surface area contributed by atoms with E-state index in [0.29, 0.717) is 31.4 Å². The lowest BCUT2D eigenvalue weighted by Crippen LogP contribution is -2.27. The number of esters is 1. The summed E-state index contributed by atoms with van der Waals surface area (Å²) in [6, 6.07) is 6.65. The second-order valence-corrected chi connectivity index (χ2v) is 7.86. The van der Waals surface area contributed by atoms with Gasteiger partial charge in [-0.3, -0.25) is 14.2 Å². The van der Waals surface area contributed by atoms with E-state index in [4.69, 9.17) is 16.3 Å². The van der Waals surface area contributed by atoms with Crippen LogP contribution in [0.15, 0.2) is 35.4 Å². The standard InChI is InChI=1S/C19H18ClN3O4S/c1-10(2)27-19(26)16-11(3)15-17(28-16)21-9-23(18(15)25)8-14(24)22-13-6-4-12(20)5-7-13/h4-7,9-10H,8H2,1-3H3,(H,22,24). The van der Waals surface area contributed by atoms with Gasteiger partial charge in [-0.15, -0.1) is 11.3 Å². The molecule has 0 aliphatic rings. The van der Waals surface area contributed by atoms with Crippen LogP contribution in [-0.2, 0) is 16.1 Å². The fourth-order valence-corrected chi connectivity index (χ4v) is 3.77. The molecule has 0 saturated heterocycles. The number of aromatic nitrogens is 2. The number of thiophene rings is 1. The quantitative estimate of drug-likeness (QED) is 0.638. The Labute approximate surface area is 169 Å². The molecule has 1 amide bonds. The maximum Gasteiger partial charge on any atom is 0.348 e. The highest BCUT2D eigenvalue weighted by atomic mass is 35.5. The van der Waals surface area contributed by atoms with Crippen molar-refractivity contribution >= 4 is 50.7 Å². The molecule has 3 rings (SSSR count). The Morgan fingerprint density at radius 2 is 1.96 bits per heavy atom. The number of hydrogen-bond donors (Lipinski definition) is 1. The molecule has 1 N–H and O–H groups in total. The highest BCUT2D eigenvalue weighted by Crippen LogP contribution is 2.27. The molecular formula is C19H18ClN3O4S. The molecule has 9 heteroatoms. The first-order chi connectivity index (χ1) is 13.3. The van der Waals surface area contributed by atoms with Gasteiger partial charge in [0.25, 0.3) is 5.56 Å². The SMILES string of the molecule is Cc1c(C(=O)OC(C)C)sc2ncn(CC(=O)Nc3ccc(Cl)cc3)c(=O)c12. The van der Waals surface area contributed by atoms with Crippen molar-refractivity contribution < 1.29 is 14.3 Å². The topological polar surface area (TPSA) is 90.3 Å². The molecule has 0 fully saturated rings. The van der Waals surface area contributed by atoms with Crippen LogP contribution in [0.25, 0.3) is 10.2 Å². The van der Waals surface area contributed by atoms with Crippen LogP contribution >= 0.6 is 22.9 Å². The Balaban J connectivity index is 1.86. The zero-order valence-electron chi connectivity index (χ0n) is 15.5. The lowest BCUT2D eigenvalue weighted by Gasteiger charge is -2.07. The smallest absolute Gasteiger partial charge is 0.348 e. The number of nitrogens with zero attached hydrogens (tertiary/aromatic N) is 2. The summed E-state index contributed by atoms with van der Waals surface area (Å²) < 4.78 is 6.43. The van der Waals surface area contributed by atoms with Gasteiger partial charge in [0.15, 0.2) is 0 Å². The number of rotatable bonds is 5. The summed E-state index contributed by atoms with van der Waals surface area (Å²) >= 11 is 6.93. The van der Waals surface area contributed by atoms with E-state index in [2.05, 4.69) is 10.3 Å². The molecule has 2 aromatic heterocycles. The van der Waals surface area contributed by atoms with Crippen LogP contribution in [0.3, 0.4) is 0 Å². The molecule has 0 spiro atoms. The largest absolute Gasteiger partial charge is 0.459 e. The minimum Gasteiger partial charge on any atom is -0.459 e. The summed E-state index contributed by atoms with van der Waals surface area (Å²) in [5.74, 6) is -0.861. The van der Waals surface area contributed by atoms with Crippen molar-refractivity contribution in [2.75, 3.05) is 5.32 Å². The fourth-order valence-electron chi connectivity index (χ4n) is 2.62. The molecule has 0 bridgehead atoms. The number of benzene rings is 1. The fraction of sp³-hybridized carbons (Fsp3) is 0.263. The van der Waals surface area contributed by atoms with Crippen molar-refractivity contribution in [3.05, 3.63) is 56.4 Å². The Morgan fingerprint density at radius 1 is 1.29 bits per heavy atom. The zero-order valence-corrected chi connectivity index (χ0v) is 17.1. The first-order valence-corrected chi connectivity index (χ1v) is 9.70. The van der Waals surface area contributed by atoms with Gasteiger partial charge in [-0.1, -0.05) is 11.6 Å². The minimum absolute atomic E-state index is 0.203. The van der Waals surface area contributed by atoms with E-state index < -0.39 is 5.97 Å². The van der Waals surface area contributed by atoms with Crippen LogP contribution in [0.4, 0.5) is 5.69 Å². The van der Waals surface area contributed by atoms with Gasteiger partial charge in [0.1, 0.15) is 16.3 Å². The molecule has 1 aromatic carbocycles. The van der Waals surface area contributed by atoms with Crippen LogP contribution in [0.1, 0.15) is 29.1 Å². The Morgan fingerprint density at radius 3 is 2.61 bits per heavy atom. The predicted molar refractivity (Wildman–Crippen MR) is 109 cm³/mol. The summed E-state index contributed by atoms with van der Waals surface area (Å²) in [6.07, 6.45) is 1.04. The first-order valence-electron chi connectivity index (χ1n) is 8.51. The van der Waals surface area contributed by atoms with E-state index in [-0.39, 0.29) is 24.1 Å². The number of hydrogen-bond acceptors (Lipinski definition) is 6. The molecule has 0 aliphatic carbocycles. The van der Waals surface area contributed by atoms with Gasteiger partial charge in [-0.2, -0.15) is 0 Å². The second kappa shape index (κ2) is 8.12. The van der Waals surface area contributed by atoms with Gasteiger partial charge in [0, 0.05) is 10.7 Å². The molecule has 0 unspecified atom stereocenters. The van der Waals surface area contributed by atoms with Crippen molar-refractivity contribution in [2.24, 2.45) is 0 Å². The molecule has 7 nitrogen and oxygen atoms in total. The normalized spacial score (nSPS) is 11.0. The number of fused-ring (bicyclic) bond motifs is 1. The average molecular weight is 420 g/mol. The van der Waals surface area contributed by atoms with Crippen molar-refractivity contribution in [1.82, 2.24) is 9.55 Å². The molecule has 3 aromatic rings. The molecular weight excluding hydrogens is 402 g/mol. The van der Waals surface area contributed by atoms with Gasteiger partial charge in [-0.05, 0) is 50.6 Å². The van der Waals surface area contributed by atoms with E-state index in [1.807, 2.05) is 0 Å². The van der Waals surface area contributed by atoms with Gasteiger partial charge in [0.05, 0.1) is 17.8 Å². The second-order valence-electron chi connectivity index (χ2n) is 6.42. The highest BCUT2D eigenvalue weighted by molar-refractivity contribution is 7.20. The van der Waals surface area contributed by atoms with Crippen LogP contribution in [0, 0.1) is 6.92 Å².